The molecule has 3 N–H and O–H groups in total. The summed E-state index contributed by atoms with van der Waals surface area (Å²) in [6.45, 7) is 4.76. The Morgan fingerprint density at radius 3 is 2.63 bits per heavy atom. The molecule has 8 nitrogen and oxygen atoms in total. The van der Waals surface area contributed by atoms with Crippen LogP contribution in [0.5, 0.6) is 0 Å². The third-order valence-corrected chi connectivity index (χ3v) is 6.61. The number of halogens is 3. The van der Waals surface area contributed by atoms with Crippen LogP contribution in [0.1, 0.15) is 21.6 Å². The Balaban J connectivity index is 1.19. The third kappa shape index (κ3) is 4.98. The third-order valence-electron chi connectivity index (χ3n) is 6.61. The summed E-state index contributed by atoms with van der Waals surface area (Å²) in [5.41, 5.74) is 3.53. The fourth-order valence-electron chi connectivity index (χ4n) is 4.65. The van der Waals surface area contributed by atoms with Crippen molar-refractivity contribution in [3.63, 3.8) is 0 Å². The topological polar surface area (TPSA) is 90.3 Å². The maximum absolute atomic E-state index is 13.1. The van der Waals surface area contributed by atoms with Crippen LogP contribution in [-0.2, 0) is 12.7 Å². The molecular weight excluding hydrogens is 495 g/mol. The number of amides is 1. The Kier molecular flexibility index (Phi) is 6.09. The van der Waals surface area contributed by atoms with Crippen LogP contribution in [0.2, 0.25) is 0 Å². The van der Waals surface area contributed by atoms with E-state index in [1.54, 1.807) is 34.9 Å². The van der Waals surface area contributed by atoms with Crippen molar-refractivity contribution in [2.24, 2.45) is 0 Å². The average Bonchev–Trinajstić information content (AvgIpc) is 3.52. The number of fused-ring (bicyclic) bond motifs is 2. The van der Waals surface area contributed by atoms with Crippen molar-refractivity contribution in [2.45, 2.75) is 12.7 Å². The fourth-order valence-corrected chi connectivity index (χ4v) is 4.65. The van der Waals surface area contributed by atoms with Crippen molar-refractivity contribution in [2.75, 3.05) is 31.5 Å². The molecule has 0 aliphatic carbocycles. The highest BCUT2D eigenvalue weighted by atomic mass is 19.4. The van der Waals surface area contributed by atoms with Gasteiger partial charge in [0.05, 0.1) is 16.6 Å². The van der Waals surface area contributed by atoms with Crippen LogP contribution in [0.25, 0.3) is 27.8 Å². The second-order valence-corrected chi connectivity index (χ2v) is 9.30. The molecular formula is C27H24F3N7O. The summed E-state index contributed by atoms with van der Waals surface area (Å²) in [4.78, 5) is 27.2. The Hall–Kier alpha value is -4.22. The molecule has 11 heteroatoms. The first-order valence-corrected chi connectivity index (χ1v) is 12.2. The summed E-state index contributed by atoms with van der Waals surface area (Å²) in [7, 11) is 0. The molecule has 4 heterocycles. The minimum absolute atomic E-state index is 0.225. The molecule has 1 aliphatic rings. The van der Waals surface area contributed by atoms with Crippen molar-refractivity contribution in [1.29, 1.82) is 0 Å². The number of nitrogens with one attached hydrogen (secondary N) is 3. The predicted octanol–water partition coefficient (Wildman–Crippen LogP) is 4.55. The predicted molar refractivity (Wildman–Crippen MR) is 138 cm³/mol. The number of alkyl halides is 3. The van der Waals surface area contributed by atoms with E-state index >= 15 is 0 Å². The van der Waals surface area contributed by atoms with Gasteiger partial charge in [0, 0.05) is 45.1 Å². The van der Waals surface area contributed by atoms with Crippen LogP contribution in [0, 0.1) is 0 Å². The minimum Gasteiger partial charge on any atom is -0.324 e. The van der Waals surface area contributed by atoms with Gasteiger partial charge in [-0.05, 0) is 53.1 Å². The molecule has 6 rings (SSSR count). The zero-order valence-electron chi connectivity index (χ0n) is 20.2. The number of aromatic nitrogens is 4. The first-order valence-electron chi connectivity index (χ1n) is 12.2. The number of benzene rings is 2. The highest BCUT2D eigenvalue weighted by Crippen LogP contribution is 2.33. The number of imidazole rings is 2. The lowest BCUT2D eigenvalue weighted by Gasteiger charge is -2.27. The van der Waals surface area contributed by atoms with E-state index in [1.807, 2.05) is 18.3 Å². The van der Waals surface area contributed by atoms with E-state index in [0.29, 0.717) is 27.8 Å². The molecule has 0 bridgehead atoms. The normalized spacial score (nSPS) is 14.8. The number of carbonyl (C=O) groups excluding carboxylic acids is 1. The summed E-state index contributed by atoms with van der Waals surface area (Å²) >= 11 is 0. The molecule has 0 unspecified atom stereocenters. The van der Waals surface area contributed by atoms with E-state index in [4.69, 9.17) is 0 Å². The molecule has 1 amide bonds. The highest BCUT2D eigenvalue weighted by Gasteiger charge is 2.30. The standard InChI is InChI=1S/C27H24F3N7O/c28-27(29,30)20-3-1-2-18(13-20)19-4-5-21-22(14-19)34-26(33-21)35-25(38)23-16-37-9-6-17(12-24(37)32-23)15-36-10-7-31-8-11-36/h1-6,9,12-14,16,31H,7-8,10-11,15H2,(H2,33,34,35,38). The number of pyridine rings is 1. The second kappa shape index (κ2) is 9.58. The van der Waals surface area contributed by atoms with E-state index < -0.39 is 17.6 Å². The number of hydrogen-bond acceptors (Lipinski definition) is 5. The largest absolute Gasteiger partial charge is 0.416 e. The number of aromatic amines is 1. The summed E-state index contributed by atoms with van der Waals surface area (Å²) in [5, 5.41) is 6.08. The Morgan fingerprint density at radius 2 is 1.82 bits per heavy atom. The van der Waals surface area contributed by atoms with Crippen molar-refractivity contribution in [1.82, 2.24) is 29.6 Å². The van der Waals surface area contributed by atoms with Gasteiger partial charge in [0.1, 0.15) is 11.3 Å². The molecule has 38 heavy (non-hydrogen) atoms. The minimum atomic E-state index is -4.42. The molecule has 1 aliphatic heterocycles. The fraction of sp³-hybridized carbons (Fsp3) is 0.222. The van der Waals surface area contributed by atoms with E-state index in [-0.39, 0.29) is 11.6 Å². The van der Waals surface area contributed by atoms with Gasteiger partial charge in [-0.25, -0.2) is 9.97 Å². The quantitative estimate of drug-likeness (QED) is 0.317. The molecule has 0 saturated carbocycles. The van der Waals surface area contributed by atoms with Gasteiger partial charge in [-0.2, -0.15) is 13.2 Å². The molecule has 1 fully saturated rings. The molecule has 0 radical (unpaired) electrons. The van der Waals surface area contributed by atoms with Crippen molar-refractivity contribution in [3.05, 3.63) is 83.8 Å². The van der Waals surface area contributed by atoms with Crippen molar-refractivity contribution < 1.29 is 18.0 Å². The van der Waals surface area contributed by atoms with Gasteiger partial charge in [-0.1, -0.05) is 18.2 Å². The van der Waals surface area contributed by atoms with Crippen LogP contribution in [-0.4, -0.2) is 56.3 Å². The number of anilines is 1. The summed E-state index contributed by atoms with van der Waals surface area (Å²) in [6, 6.07) is 14.3. The lowest BCUT2D eigenvalue weighted by Crippen LogP contribution is -2.42. The maximum atomic E-state index is 13.1. The molecule has 0 atom stereocenters. The van der Waals surface area contributed by atoms with Crippen molar-refractivity contribution in [3.8, 4) is 11.1 Å². The number of carbonyl (C=O) groups is 1. The molecule has 0 spiro atoms. The summed E-state index contributed by atoms with van der Waals surface area (Å²) in [6.07, 6.45) is -0.864. The SMILES string of the molecule is O=C(Nc1nc2ccc(-c3cccc(C(F)(F)F)c3)cc2[nH]1)c1cn2ccc(CN3CCNCC3)cc2n1. The van der Waals surface area contributed by atoms with Crippen LogP contribution >= 0.6 is 0 Å². The van der Waals surface area contributed by atoms with Gasteiger partial charge < -0.3 is 14.7 Å². The van der Waals surface area contributed by atoms with E-state index in [0.717, 1.165) is 50.4 Å². The number of H-pyrrole nitrogens is 1. The van der Waals surface area contributed by atoms with Crippen LogP contribution in [0.3, 0.4) is 0 Å². The van der Waals surface area contributed by atoms with E-state index in [2.05, 4.69) is 30.5 Å². The summed E-state index contributed by atoms with van der Waals surface area (Å²) in [5.74, 6) is -0.197. The lowest BCUT2D eigenvalue weighted by molar-refractivity contribution is -0.137. The first-order chi connectivity index (χ1) is 18.3. The highest BCUT2D eigenvalue weighted by molar-refractivity contribution is 6.03. The molecule has 1 saturated heterocycles. The van der Waals surface area contributed by atoms with Gasteiger partial charge in [0.2, 0.25) is 5.95 Å². The van der Waals surface area contributed by atoms with Gasteiger partial charge in [-0.15, -0.1) is 0 Å². The van der Waals surface area contributed by atoms with Gasteiger partial charge in [-0.3, -0.25) is 15.0 Å². The van der Waals surface area contributed by atoms with Crippen LogP contribution < -0.4 is 10.6 Å². The lowest BCUT2D eigenvalue weighted by atomic mass is 10.0. The van der Waals surface area contributed by atoms with Crippen LogP contribution in [0.4, 0.5) is 19.1 Å². The van der Waals surface area contributed by atoms with Crippen LogP contribution in [0.15, 0.2) is 67.0 Å². The van der Waals surface area contributed by atoms with Crippen molar-refractivity contribution >= 4 is 28.5 Å². The van der Waals surface area contributed by atoms with Gasteiger partial charge in [0.25, 0.3) is 5.91 Å². The number of nitrogens with zero attached hydrogens (tertiary/aromatic N) is 4. The van der Waals surface area contributed by atoms with E-state index in [1.165, 1.54) is 6.07 Å². The maximum Gasteiger partial charge on any atom is 0.416 e. The number of hydrogen-bond donors (Lipinski definition) is 3. The molecule has 194 valence electrons. The van der Waals surface area contributed by atoms with Gasteiger partial charge >= 0.3 is 6.18 Å². The Bertz CT molecular complexity index is 1630. The summed E-state index contributed by atoms with van der Waals surface area (Å²) < 4.78 is 41.2. The Morgan fingerprint density at radius 1 is 1.00 bits per heavy atom. The zero-order valence-corrected chi connectivity index (χ0v) is 20.2. The monoisotopic (exact) mass is 519 g/mol. The number of rotatable bonds is 5. The molecule has 2 aromatic carbocycles. The number of piperazine rings is 1. The molecule has 5 aromatic rings. The average molecular weight is 520 g/mol. The smallest absolute Gasteiger partial charge is 0.324 e. The Labute approximate surface area is 215 Å². The van der Waals surface area contributed by atoms with Gasteiger partial charge in [0.15, 0.2) is 0 Å². The van der Waals surface area contributed by atoms with E-state index in [9.17, 15) is 18.0 Å². The first kappa shape index (κ1) is 24.1. The molecule has 3 aromatic heterocycles. The zero-order chi connectivity index (χ0) is 26.3. The second-order valence-electron chi connectivity index (χ2n) is 9.30.